The molecule has 1 heterocycles. The zero-order chi connectivity index (χ0) is 17.9. The van der Waals surface area contributed by atoms with E-state index in [0.717, 1.165) is 4.90 Å². The third kappa shape index (κ3) is 3.90. The van der Waals surface area contributed by atoms with Crippen LogP contribution >= 0.6 is 27.7 Å². The number of imide groups is 1. The third-order valence-corrected chi connectivity index (χ3v) is 4.41. The zero-order valence-corrected chi connectivity index (χ0v) is 15.3. The molecule has 1 N–H and O–H groups in total. The molecule has 1 saturated heterocycles. The van der Waals surface area contributed by atoms with Crippen molar-refractivity contribution in [2.24, 2.45) is 0 Å². The highest BCUT2D eigenvalue weighted by molar-refractivity contribution is 9.10. The number of phenolic OH excluding ortho intramolecular Hbond substituents is 1. The van der Waals surface area contributed by atoms with Crippen LogP contribution in [0.25, 0.3) is 6.08 Å². The highest BCUT2D eigenvalue weighted by Crippen LogP contribution is 2.38. The summed E-state index contributed by atoms with van der Waals surface area (Å²) in [4.78, 5) is 36.6. The molecule has 0 atom stereocenters. The van der Waals surface area contributed by atoms with Crippen molar-refractivity contribution in [3.05, 3.63) is 27.1 Å². The highest BCUT2D eigenvalue weighted by atomic mass is 79.9. The summed E-state index contributed by atoms with van der Waals surface area (Å²) < 4.78 is 10.4. The predicted octanol–water partition coefficient (Wildman–Crippen LogP) is 2.76. The molecule has 0 aromatic heterocycles. The van der Waals surface area contributed by atoms with Gasteiger partial charge in [-0.3, -0.25) is 19.3 Å². The molecule has 24 heavy (non-hydrogen) atoms. The number of thioether (sulfide) groups is 1. The Kier molecular flexibility index (Phi) is 5.89. The highest BCUT2D eigenvalue weighted by Gasteiger charge is 2.36. The molecule has 0 aliphatic carbocycles. The monoisotopic (exact) mass is 415 g/mol. The first-order valence-electron chi connectivity index (χ1n) is 6.84. The lowest BCUT2D eigenvalue weighted by Crippen LogP contribution is -2.34. The first-order chi connectivity index (χ1) is 11.4. The van der Waals surface area contributed by atoms with Crippen molar-refractivity contribution in [3.8, 4) is 11.5 Å². The number of amides is 2. The number of aromatic hydroxyl groups is 1. The Hall–Kier alpha value is -2.00. The summed E-state index contributed by atoms with van der Waals surface area (Å²) in [5.41, 5.74) is 0.308. The molecule has 0 spiro atoms. The average molecular weight is 416 g/mol. The summed E-state index contributed by atoms with van der Waals surface area (Å²) in [5.74, 6) is -1.20. The van der Waals surface area contributed by atoms with Gasteiger partial charge >= 0.3 is 5.97 Å². The van der Waals surface area contributed by atoms with E-state index in [-0.39, 0.29) is 23.0 Å². The summed E-state index contributed by atoms with van der Waals surface area (Å²) >= 11 is 3.96. The fourth-order valence-electron chi connectivity index (χ4n) is 1.97. The van der Waals surface area contributed by atoms with Crippen LogP contribution in [-0.2, 0) is 14.3 Å². The van der Waals surface area contributed by atoms with Crippen LogP contribution in [0.4, 0.5) is 4.79 Å². The zero-order valence-electron chi connectivity index (χ0n) is 12.9. The van der Waals surface area contributed by atoms with Crippen LogP contribution in [0, 0.1) is 0 Å². The molecule has 0 unspecified atom stereocenters. The maximum absolute atomic E-state index is 12.3. The minimum absolute atomic E-state index is 0.0970. The number of benzene rings is 1. The van der Waals surface area contributed by atoms with Crippen molar-refractivity contribution in [2.45, 2.75) is 6.92 Å². The number of halogens is 1. The lowest BCUT2D eigenvalue weighted by atomic mass is 10.1. The second kappa shape index (κ2) is 7.71. The lowest BCUT2D eigenvalue weighted by molar-refractivity contribution is -0.145. The van der Waals surface area contributed by atoms with Gasteiger partial charge in [0.15, 0.2) is 11.5 Å². The fraction of sp³-hybridized carbons (Fsp3) is 0.267. The van der Waals surface area contributed by atoms with Gasteiger partial charge in [0, 0.05) is 10.0 Å². The van der Waals surface area contributed by atoms with Gasteiger partial charge in [-0.1, -0.05) is 15.9 Å². The molecule has 9 heteroatoms. The van der Waals surface area contributed by atoms with Crippen LogP contribution < -0.4 is 4.74 Å². The van der Waals surface area contributed by atoms with Crippen LogP contribution in [0.5, 0.6) is 11.5 Å². The van der Waals surface area contributed by atoms with E-state index in [9.17, 15) is 19.5 Å². The Morgan fingerprint density at radius 1 is 1.42 bits per heavy atom. The topological polar surface area (TPSA) is 93.1 Å². The summed E-state index contributed by atoms with van der Waals surface area (Å²) in [6.07, 6.45) is 1.37. The third-order valence-electron chi connectivity index (χ3n) is 3.04. The van der Waals surface area contributed by atoms with Crippen molar-refractivity contribution < 1.29 is 29.0 Å². The second-order valence-electron chi connectivity index (χ2n) is 4.62. The van der Waals surface area contributed by atoms with E-state index in [1.54, 1.807) is 19.1 Å². The Morgan fingerprint density at radius 3 is 2.75 bits per heavy atom. The average Bonchev–Trinajstić information content (AvgIpc) is 2.78. The maximum atomic E-state index is 12.3. The Balaban J connectivity index is 2.29. The number of esters is 1. The minimum atomic E-state index is -0.659. The van der Waals surface area contributed by atoms with Gasteiger partial charge in [-0.2, -0.15) is 0 Å². The molecule has 0 bridgehead atoms. The summed E-state index contributed by atoms with van der Waals surface area (Å²) in [7, 11) is 1.40. The van der Waals surface area contributed by atoms with Crippen molar-refractivity contribution >= 4 is 50.9 Å². The van der Waals surface area contributed by atoms with Gasteiger partial charge in [0.25, 0.3) is 11.1 Å². The van der Waals surface area contributed by atoms with Crippen LogP contribution in [0.1, 0.15) is 12.5 Å². The molecule has 1 aliphatic heterocycles. The van der Waals surface area contributed by atoms with Gasteiger partial charge in [0.05, 0.1) is 18.6 Å². The van der Waals surface area contributed by atoms with Crippen molar-refractivity contribution in [3.63, 3.8) is 0 Å². The molecule has 2 amide bonds. The Morgan fingerprint density at radius 2 is 2.12 bits per heavy atom. The van der Waals surface area contributed by atoms with Crippen LogP contribution in [0.3, 0.4) is 0 Å². The number of hydrogen-bond acceptors (Lipinski definition) is 7. The molecular formula is C15H14BrNO6S. The van der Waals surface area contributed by atoms with Gasteiger partial charge in [-0.05, 0) is 36.9 Å². The number of phenols is 1. The quantitative estimate of drug-likeness (QED) is 0.583. The van der Waals surface area contributed by atoms with E-state index >= 15 is 0 Å². The molecule has 1 aromatic rings. The van der Waals surface area contributed by atoms with E-state index in [2.05, 4.69) is 15.9 Å². The van der Waals surface area contributed by atoms with Gasteiger partial charge < -0.3 is 14.6 Å². The first kappa shape index (κ1) is 18.3. The molecule has 1 fully saturated rings. The molecule has 1 aromatic carbocycles. The SMILES string of the molecule is CCOC(=O)CN1C(=O)SC(=Cc2cc(Br)cc(OC)c2O)C1=O. The Labute approximate surface area is 150 Å². The molecule has 2 rings (SSSR count). The minimum Gasteiger partial charge on any atom is -0.504 e. The number of methoxy groups -OCH3 is 1. The smallest absolute Gasteiger partial charge is 0.326 e. The van der Waals surface area contributed by atoms with E-state index in [0.29, 0.717) is 21.8 Å². The van der Waals surface area contributed by atoms with E-state index in [1.165, 1.54) is 13.2 Å². The standard InChI is InChI=1S/C15H14BrNO6S/c1-3-23-12(18)7-17-14(20)11(24-15(17)21)5-8-4-9(16)6-10(22-2)13(8)19/h4-6,19H,3,7H2,1-2H3. The normalized spacial score (nSPS) is 16.0. The number of hydrogen-bond donors (Lipinski definition) is 1. The maximum Gasteiger partial charge on any atom is 0.326 e. The van der Waals surface area contributed by atoms with Crippen molar-refractivity contribution in [1.82, 2.24) is 4.90 Å². The summed E-state index contributed by atoms with van der Waals surface area (Å²) in [5, 5.41) is 9.55. The number of rotatable bonds is 5. The van der Waals surface area contributed by atoms with E-state index in [1.807, 2.05) is 0 Å². The van der Waals surface area contributed by atoms with Gasteiger partial charge in [-0.15, -0.1) is 0 Å². The van der Waals surface area contributed by atoms with Crippen LogP contribution in [-0.4, -0.2) is 47.4 Å². The van der Waals surface area contributed by atoms with Gasteiger partial charge in [0.2, 0.25) is 0 Å². The molecule has 0 saturated carbocycles. The van der Waals surface area contributed by atoms with E-state index in [4.69, 9.17) is 9.47 Å². The number of carbonyl (C=O) groups excluding carboxylic acids is 3. The number of carbonyl (C=O) groups is 3. The largest absolute Gasteiger partial charge is 0.504 e. The van der Waals surface area contributed by atoms with Crippen LogP contribution in [0.15, 0.2) is 21.5 Å². The molecule has 0 radical (unpaired) electrons. The van der Waals surface area contributed by atoms with E-state index < -0.39 is 23.7 Å². The Bertz CT molecular complexity index is 733. The molecule has 7 nitrogen and oxygen atoms in total. The van der Waals surface area contributed by atoms with Crippen molar-refractivity contribution in [2.75, 3.05) is 20.3 Å². The number of ether oxygens (including phenoxy) is 2. The lowest BCUT2D eigenvalue weighted by Gasteiger charge is -2.11. The molecular weight excluding hydrogens is 402 g/mol. The fourth-order valence-corrected chi connectivity index (χ4v) is 3.26. The summed E-state index contributed by atoms with van der Waals surface area (Å²) in [6, 6.07) is 3.15. The summed E-state index contributed by atoms with van der Waals surface area (Å²) in [6.45, 7) is 1.36. The second-order valence-corrected chi connectivity index (χ2v) is 6.53. The number of nitrogens with zero attached hydrogens (tertiary/aromatic N) is 1. The molecule has 1 aliphatic rings. The van der Waals surface area contributed by atoms with Gasteiger partial charge in [0.1, 0.15) is 6.54 Å². The molecule has 128 valence electrons. The van der Waals surface area contributed by atoms with Crippen molar-refractivity contribution in [1.29, 1.82) is 0 Å². The predicted molar refractivity (Wildman–Crippen MR) is 91.7 cm³/mol. The first-order valence-corrected chi connectivity index (χ1v) is 8.45. The van der Waals surface area contributed by atoms with Gasteiger partial charge in [-0.25, -0.2) is 0 Å². The van der Waals surface area contributed by atoms with Crippen LogP contribution in [0.2, 0.25) is 0 Å².